The summed E-state index contributed by atoms with van der Waals surface area (Å²) in [5.41, 5.74) is -0.478. The van der Waals surface area contributed by atoms with Crippen molar-refractivity contribution in [3.8, 4) is 0 Å². The zero-order valence-corrected chi connectivity index (χ0v) is 13.4. The van der Waals surface area contributed by atoms with Gasteiger partial charge in [-0.25, -0.2) is 4.79 Å². The number of thioether (sulfide) groups is 1. The van der Waals surface area contributed by atoms with Crippen molar-refractivity contribution in [2.45, 2.75) is 40.2 Å². The van der Waals surface area contributed by atoms with Gasteiger partial charge in [0, 0.05) is 18.8 Å². The first-order valence-electron chi connectivity index (χ1n) is 6.52. The quantitative estimate of drug-likeness (QED) is 0.704. The summed E-state index contributed by atoms with van der Waals surface area (Å²) in [6, 6.07) is 0. The minimum Gasteiger partial charge on any atom is -0.444 e. The largest absolute Gasteiger partial charge is 0.444 e. The van der Waals surface area contributed by atoms with Crippen LogP contribution in [0.5, 0.6) is 0 Å². The average Bonchev–Trinajstić information content (AvgIpc) is 2.23. The Morgan fingerprint density at radius 2 is 1.84 bits per heavy atom. The van der Waals surface area contributed by atoms with Crippen molar-refractivity contribution in [2.24, 2.45) is 5.92 Å². The van der Waals surface area contributed by atoms with Crippen LogP contribution < -0.4 is 10.6 Å². The van der Waals surface area contributed by atoms with Crippen LogP contribution in [0.1, 0.15) is 34.6 Å². The van der Waals surface area contributed by atoms with Crippen LogP contribution >= 0.6 is 11.8 Å². The molecule has 19 heavy (non-hydrogen) atoms. The van der Waals surface area contributed by atoms with E-state index in [0.717, 1.165) is 0 Å². The topological polar surface area (TPSA) is 67.4 Å². The van der Waals surface area contributed by atoms with Crippen LogP contribution in [0.25, 0.3) is 0 Å². The van der Waals surface area contributed by atoms with Crippen molar-refractivity contribution in [1.29, 1.82) is 0 Å². The molecule has 112 valence electrons. The molecule has 0 atom stereocenters. The van der Waals surface area contributed by atoms with E-state index in [1.807, 2.05) is 20.8 Å². The second-order valence-corrected chi connectivity index (χ2v) is 6.78. The van der Waals surface area contributed by atoms with Crippen molar-refractivity contribution in [1.82, 2.24) is 10.6 Å². The Balaban J connectivity index is 3.50. The van der Waals surface area contributed by atoms with Gasteiger partial charge in [0.15, 0.2) is 0 Å². The first-order chi connectivity index (χ1) is 8.70. The molecule has 0 aliphatic rings. The van der Waals surface area contributed by atoms with E-state index in [2.05, 4.69) is 24.5 Å². The molecule has 5 nitrogen and oxygen atoms in total. The van der Waals surface area contributed by atoms with Crippen molar-refractivity contribution >= 4 is 23.8 Å². The maximum Gasteiger partial charge on any atom is 0.407 e. The lowest BCUT2D eigenvalue weighted by Crippen LogP contribution is -2.34. The van der Waals surface area contributed by atoms with E-state index in [-0.39, 0.29) is 5.91 Å². The van der Waals surface area contributed by atoms with Gasteiger partial charge in [-0.1, -0.05) is 13.8 Å². The van der Waals surface area contributed by atoms with Gasteiger partial charge in [0.05, 0.1) is 5.75 Å². The zero-order chi connectivity index (χ0) is 14.9. The first-order valence-corrected chi connectivity index (χ1v) is 7.67. The highest BCUT2D eigenvalue weighted by Gasteiger charge is 2.15. The predicted octanol–water partition coefficient (Wildman–Crippen LogP) is 2.02. The molecule has 0 saturated heterocycles. The van der Waals surface area contributed by atoms with Crippen LogP contribution in [-0.4, -0.2) is 42.2 Å². The van der Waals surface area contributed by atoms with Crippen LogP contribution in [0.15, 0.2) is 0 Å². The average molecular weight is 290 g/mol. The standard InChI is InChI=1S/C13H26N2O3S/c1-10(2)8-15-11(16)9-19-7-6-14-12(17)18-13(3,4)5/h10H,6-9H2,1-5H3,(H,14,17)(H,15,16). The molecule has 0 aromatic carbocycles. The fourth-order valence-corrected chi connectivity index (χ4v) is 1.75. The summed E-state index contributed by atoms with van der Waals surface area (Å²) in [6.07, 6.45) is -0.419. The minimum absolute atomic E-state index is 0.0379. The lowest BCUT2D eigenvalue weighted by molar-refractivity contribution is -0.118. The number of amides is 2. The van der Waals surface area contributed by atoms with Crippen LogP contribution in [0.3, 0.4) is 0 Å². The van der Waals surface area contributed by atoms with E-state index < -0.39 is 11.7 Å². The highest BCUT2D eigenvalue weighted by Crippen LogP contribution is 2.06. The Labute approximate surface area is 120 Å². The molecule has 6 heteroatoms. The van der Waals surface area contributed by atoms with Gasteiger partial charge in [0.25, 0.3) is 0 Å². The number of rotatable bonds is 7. The van der Waals surface area contributed by atoms with Crippen LogP contribution in [0.4, 0.5) is 4.79 Å². The Kier molecular flexibility index (Phi) is 8.63. The molecule has 0 heterocycles. The third-order valence-electron chi connectivity index (χ3n) is 1.86. The van der Waals surface area contributed by atoms with Crippen LogP contribution in [0.2, 0.25) is 0 Å². The van der Waals surface area contributed by atoms with E-state index in [4.69, 9.17) is 4.74 Å². The Morgan fingerprint density at radius 3 is 2.37 bits per heavy atom. The molecule has 0 radical (unpaired) electrons. The van der Waals surface area contributed by atoms with E-state index in [9.17, 15) is 9.59 Å². The van der Waals surface area contributed by atoms with Crippen LogP contribution in [0, 0.1) is 5.92 Å². The number of hydrogen-bond donors (Lipinski definition) is 2. The van der Waals surface area contributed by atoms with Gasteiger partial charge >= 0.3 is 6.09 Å². The van der Waals surface area contributed by atoms with E-state index in [1.165, 1.54) is 11.8 Å². The molecule has 0 unspecified atom stereocenters. The minimum atomic E-state index is -0.478. The summed E-state index contributed by atoms with van der Waals surface area (Å²) < 4.78 is 5.09. The number of ether oxygens (including phenoxy) is 1. The molecule has 0 aliphatic heterocycles. The highest BCUT2D eigenvalue weighted by molar-refractivity contribution is 7.99. The Bertz CT molecular complexity index is 288. The van der Waals surface area contributed by atoms with E-state index in [0.29, 0.717) is 30.5 Å². The predicted molar refractivity (Wildman–Crippen MR) is 79.4 cm³/mol. The molecular formula is C13H26N2O3S. The summed E-state index contributed by atoms with van der Waals surface area (Å²) in [4.78, 5) is 22.7. The third kappa shape index (κ3) is 13.3. The second-order valence-electron chi connectivity index (χ2n) is 5.68. The van der Waals surface area contributed by atoms with Gasteiger partial charge in [-0.05, 0) is 26.7 Å². The summed E-state index contributed by atoms with van der Waals surface area (Å²) in [7, 11) is 0. The molecule has 2 N–H and O–H groups in total. The molecule has 0 saturated carbocycles. The summed E-state index contributed by atoms with van der Waals surface area (Å²) >= 11 is 1.49. The molecule has 0 spiro atoms. The van der Waals surface area contributed by atoms with Crippen molar-refractivity contribution in [3.63, 3.8) is 0 Å². The fourth-order valence-electron chi connectivity index (χ4n) is 1.07. The van der Waals surface area contributed by atoms with Crippen molar-refractivity contribution < 1.29 is 14.3 Å². The van der Waals surface area contributed by atoms with Gasteiger partial charge in [0.2, 0.25) is 5.91 Å². The van der Waals surface area contributed by atoms with Gasteiger partial charge in [-0.3, -0.25) is 4.79 Å². The monoisotopic (exact) mass is 290 g/mol. The fraction of sp³-hybridized carbons (Fsp3) is 0.846. The van der Waals surface area contributed by atoms with Gasteiger partial charge < -0.3 is 15.4 Å². The Hall–Kier alpha value is -0.910. The van der Waals surface area contributed by atoms with Crippen molar-refractivity contribution in [3.05, 3.63) is 0 Å². The van der Waals surface area contributed by atoms with Gasteiger partial charge in [-0.2, -0.15) is 11.8 Å². The lowest BCUT2D eigenvalue weighted by Gasteiger charge is -2.19. The number of nitrogens with one attached hydrogen (secondary N) is 2. The molecule has 0 aliphatic carbocycles. The number of hydrogen-bond acceptors (Lipinski definition) is 4. The maximum absolute atomic E-state index is 11.4. The summed E-state index contributed by atoms with van der Waals surface area (Å²) in [5, 5.41) is 5.49. The van der Waals surface area contributed by atoms with Gasteiger partial charge in [-0.15, -0.1) is 0 Å². The molecular weight excluding hydrogens is 264 g/mol. The number of alkyl carbamates (subject to hydrolysis) is 1. The maximum atomic E-state index is 11.4. The van der Waals surface area contributed by atoms with Crippen molar-refractivity contribution in [2.75, 3.05) is 24.6 Å². The van der Waals surface area contributed by atoms with E-state index in [1.54, 1.807) is 0 Å². The smallest absolute Gasteiger partial charge is 0.407 e. The first kappa shape index (κ1) is 18.1. The molecule has 0 aromatic heterocycles. The molecule has 0 fully saturated rings. The SMILES string of the molecule is CC(C)CNC(=O)CSCCNC(=O)OC(C)(C)C. The second kappa shape index (κ2) is 9.07. The van der Waals surface area contributed by atoms with Crippen LogP contribution in [-0.2, 0) is 9.53 Å². The molecule has 0 aromatic rings. The molecule has 2 amide bonds. The third-order valence-corrected chi connectivity index (χ3v) is 2.81. The van der Waals surface area contributed by atoms with Gasteiger partial charge in [0.1, 0.15) is 5.60 Å². The zero-order valence-electron chi connectivity index (χ0n) is 12.5. The number of carbonyl (C=O) groups excluding carboxylic acids is 2. The highest BCUT2D eigenvalue weighted by atomic mass is 32.2. The van der Waals surface area contributed by atoms with E-state index >= 15 is 0 Å². The number of carbonyl (C=O) groups is 2. The Morgan fingerprint density at radius 1 is 1.21 bits per heavy atom. The normalized spacial score (nSPS) is 11.3. The lowest BCUT2D eigenvalue weighted by atomic mass is 10.2. The molecule has 0 rings (SSSR count). The molecule has 0 bridgehead atoms. The summed E-state index contributed by atoms with van der Waals surface area (Å²) in [6.45, 7) is 10.8. The summed E-state index contributed by atoms with van der Waals surface area (Å²) in [5.74, 6) is 1.61.